The second kappa shape index (κ2) is 3.99. The summed E-state index contributed by atoms with van der Waals surface area (Å²) in [5.74, 6) is 0. The number of para-hydroxylation sites is 1. The third-order valence-electron chi connectivity index (χ3n) is 3.60. The molecule has 5 heteroatoms. The number of hydrogen-bond donors (Lipinski definition) is 1. The van der Waals surface area contributed by atoms with Gasteiger partial charge in [-0.25, -0.2) is 13.1 Å². The molecular formula is C12H16N2O2S. The van der Waals surface area contributed by atoms with E-state index in [4.69, 9.17) is 0 Å². The first kappa shape index (κ1) is 11.0. The molecule has 0 radical (unpaired) electrons. The Kier molecular flexibility index (Phi) is 2.60. The third-order valence-corrected chi connectivity index (χ3v) is 5.07. The van der Waals surface area contributed by atoms with Crippen LogP contribution in [0, 0.1) is 0 Å². The van der Waals surface area contributed by atoms with Crippen molar-refractivity contribution >= 4 is 15.7 Å². The standard InChI is InChI=1S/C12H16N2O2S/c15-17(16)12-7-2-1-6-11(12)14-8-4-3-5-10(14)9-13-17/h1-2,6-7,10,13H,3-5,8-9H2/t10-/m1/s1. The lowest BCUT2D eigenvalue weighted by Crippen LogP contribution is -2.44. The minimum Gasteiger partial charge on any atom is -0.366 e. The highest BCUT2D eigenvalue weighted by Crippen LogP contribution is 2.32. The van der Waals surface area contributed by atoms with Gasteiger partial charge in [-0.3, -0.25) is 0 Å². The Labute approximate surface area is 102 Å². The van der Waals surface area contributed by atoms with E-state index in [1.165, 1.54) is 6.42 Å². The van der Waals surface area contributed by atoms with Gasteiger partial charge in [0.1, 0.15) is 4.90 Å². The van der Waals surface area contributed by atoms with Gasteiger partial charge in [0.25, 0.3) is 0 Å². The highest BCUT2D eigenvalue weighted by atomic mass is 32.2. The molecule has 2 heterocycles. The Balaban J connectivity index is 2.15. The van der Waals surface area contributed by atoms with Gasteiger partial charge in [0.2, 0.25) is 10.0 Å². The van der Waals surface area contributed by atoms with Gasteiger partial charge >= 0.3 is 0 Å². The predicted molar refractivity (Wildman–Crippen MR) is 66.6 cm³/mol. The molecule has 4 nitrogen and oxygen atoms in total. The van der Waals surface area contributed by atoms with E-state index in [1.807, 2.05) is 12.1 Å². The van der Waals surface area contributed by atoms with E-state index in [0.29, 0.717) is 17.5 Å². The summed E-state index contributed by atoms with van der Waals surface area (Å²) in [6.07, 6.45) is 3.40. The molecule has 1 aromatic rings. The van der Waals surface area contributed by atoms with Crippen LogP contribution in [0.3, 0.4) is 0 Å². The van der Waals surface area contributed by atoms with Gasteiger partial charge in [-0.1, -0.05) is 12.1 Å². The van der Waals surface area contributed by atoms with E-state index in [0.717, 1.165) is 25.1 Å². The van der Waals surface area contributed by atoms with Crippen LogP contribution in [0.25, 0.3) is 0 Å². The smallest absolute Gasteiger partial charge is 0.242 e. The number of rotatable bonds is 0. The summed E-state index contributed by atoms with van der Waals surface area (Å²) in [4.78, 5) is 2.67. The van der Waals surface area contributed by atoms with Crippen LogP contribution in [0.1, 0.15) is 19.3 Å². The molecule has 2 aliphatic heterocycles. The van der Waals surface area contributed by atoms with E-state index < -0.39 is 10.0 Å². The number of anilines is 1. The zero-order valence-corrected chi connectivity index (χ0v) is 10.4. The normalized spacial score (nSPS) is 26.8. The summed E-state index contributed by atoms with van der Waals surface area (Å²) >= 11 is 0. The number of nitrogens with one attached hydrogen (secondary N) is 1. The number of nitrogens with zero attached hydrogens (tertiary/aromatic N) is 1. The first-order valence-corrected chi connectivity index (χ1v) is 7.52. The van der Waals surface area contributed by atoms with Crippen LogP contribution >= 0.6 is 0 Å². The second-order valence-corrected chi connectivity index (χ2v) is 6.40. The van der Waals surface area contributed by atoms with Crippen molar-refractivity contribution in [3.63, 3.8) is 0 Å². The van der Waals surface area contributed by atoms with Gasteiger partial charge in [-0.2, -0.15) is 0 Å². The zero-order chi connectivity index (χ0) is 11.9. The molecule has 0 saturated carbocycles. The maximum atomic E-state index is 12.1. The summed E-state index contributed by atoms with van der Waals surface area (Å²) in [6, 6.07) is 7.60. The molecular weight excluding hydrogens is 236 g/mol. The zero-order valence-electron chi connectivity index (χ0n) is 9.59. The third kappa shape index (κ3) is 1.83. The van der Waals surface area contributed by atoms with Crippen molar-refractivity contribution in [2.24, 2.45) is 0 Å². The van der Waals surface area contributed by atoms with Crippen LogP contribution in [-0.2, 0) is 10.0 Å². The summed E-state index contributed by atoms with van der Waals surface area (Å²) in [6.45, 7) is 1.48. The second-order valence-electron chi connectivity index (χ2n) is 4.66. The number of piperidine rings is 1. The van der Waals surface area contributed by atoms with Crippen LogP contribution < -0.4 is 9.62 Å². The van der Waals surface area contributed by atoms with Gasteiger partial charge in [0.15, 0.2) is 0 Å². The van der Waals surface area contributed by atoms with E-state index >= 15 is 0 Å². The quantitative estimate of drug-likeness (QED) is 0.758. The Hall–Kier alpha value is -1.07. The number of benzene rings is 1. The Bertz CT molecular complexity index is 527. The van der Waals surface area contributed by atoms with Crippen LogP contribution in [0.15, 0.2) is 29.2 Å². The highest BCUT2D eigenvalue weighted by Gasteiger charge is 2.32. The van der Waals surface area contributed by atoms with Crippen LogP contribution in [0.2, 0.25) is 0 Å². The lowest BCUT2D eigenvalue weighted by Gasteiger charge is -2.36. The number of fused-ring (bicyclic) bond motifs is 3. The van der Waals surface area contributed by atoms with E-state index in [-0.39, 0.29) is 0 Å². The van der Waals surface area contributed by atoms with Crippen molar-refractivity contribution in [2.75, 3.05) is 18.0 Å². The molecule has 0 unspecified atom stereocenters. The van der Waals surface area contributed by atoms with Crippen molar-refractivity contribution in [2.45, 2.75) is 30.2 Å². The van der Waals surface area contributed by atoms with Crippen molar-refractivity contribution in [1.29, 1.82) is 0 Å². The molecule has 1 saturated heterocycles. The molecule has 0 aliphatic carbocycles. The van der Waals surface area contributed by atoms with Crippen LogP contribution in [-0.4, -0.2) is 27.5 Å². The summed E-state index contributed by atoms with van der Waals surface area (Å²) in [5.41, 5.74) is 0.863. The monoisotopic (exact) mass is 252 g/mol. The average Bonchev–Trinajstić information content (AvgIpc) is 2.47. The van der Waals surface area contributed by atoms with Crippen molar-refractivity contribution in [1.82, 2.24) is 4.72 Å². The van der Waals surface area contributed by atoms with E-state index in [1.54, 1.807) is 12.1 Å². The fraction of sp³-hybridized carbons (Fsp3) is 0.500. The maximum Gasteiger partial charge on any atom is 0.242 e. The fourth-order valence-corrected chi connectivity index (χ4v) is 4.02. The summed E-state index contributed by atoms with van der Waals surface area (Å²) in [5, 5.41) is 0. The topological polar surface area (TPSA) is 49.4 Å². The maximum absolute atomic E-state index is 12.1. The van der Waals surface area contributed by atoms with Crippen molar-refractivity contribution < 1.29 is 8.42 Å². The van der Waals surface area contributed by atoms with E-state index in [2.05, 4.69) is 9.62 Å². The molecule has 0 amide bonds. The Morgan fingerprint density at radius 3 is 2.94 bits per heavy atom. The largest absolute Gasteiger partial charge is 0.366 e. The summed E-state index contributed by atoms with van der Waals surface area (Å²) in [7, 11) is -3.33. The number of hydrogen-bond acceptors (Lipinski definition) is 3. The first-order valence-electron chi connectivity index (χ1n) is 6.04. The minimum absolute atomic E-state index is 0.308. The molecule has 2 aliphatic rings. The SMILES string of the molecule is O=S1(=O)NC[C@H]2CCCCN2c2ccccc21. The molecule has 1 aromatic carbocycles. The molecule has 0 spiro atoms. The van der Waals surface area contributed by atoms with Crippen molar-refractivity contribution in [3.8, 4) is 0 Å². The average molecular weight is 252 g/mol. The molecule has 0 bridgehead atoms. The summed E-state index contributed by atoms with van der Waals surface area (Å²) < 4.78 is 26.9. The molecule has 0 aromatic heterocycles. The van der Waals surface area contributed by atoms with Gasteiger partial charge < -0.3 is 4.90 Å². The molecule has 92 valence electrons. The molecule has 1 atom stereocenters. The number of sulfonamides is 1. The minimum atomic E-state index is -3.33. The van der Waals surface area contributed by atoms with Crippen LogP contribution in [0.5, 0.6) is 0 Å². The first-order chi connectivity index (χ1) is 8.18. The fourth-order valence-electron chi connectivity index (χ4n) is 2.74. The molecule has 17 heavy (non-hydrogen) atoms. The lowest BCUT2D eigenvalue weighted by atomic mass is 10.0. The molecule has 3 rings (SSSR count). The predicted octanol–water partition coefficient (Wildman–Crippen LogP) is 1.34. The van der Waals surface area contributed by atoms with Gasteiger partial charge in [0.05, 0.1) is 5.69 Å². The van der Waals surface area contributed by atoms with Gasteiger partial charge in [-0.15, -0.1) is 0 Å². The van der Waals surface area contributed by atoms with Gasteiger partial charge in [-0.05, 0) is 31.4 Å². The van der Waals surface area contributed by atoms with Crippen molar-refractivity contribution in [3.05, 3.63) is 24.3 Å². The lowest BCUT2D eigenvalue weighted by molar-refractivity contribution is 0.457. The molecule has 1 fully saturated rings. The Morgan fingerprint density at radius 2 is 2.06 bits per heavy atom. The Morgan fingerprint density at radius 1 is 1.24 bits per heavy atom. The molecule has 1 N–H and O–H groups in total. The van der Waals surface area contributed by atoms with Crippen LogP contribution in [0.4, 0.5) is 5.69 Å². The van der Waals surface area contributed by atoms with Gasteiger partial charge in [0, 0.05) is 19.1 Å². The highest BCUT2D eigenvalue weighted by molar-refractivity contribution is 7.89. The van der Waals surface area contributed by atoms with E-state index in [9.17, 15) is 8.42 Å².